The van der Waals surface area contributed by atoms with Gasteiger partial charge in [-0.2, -0.15) is 0 Å². The maximum Gasteiger partial charge on any atom is 0.261 e. The highest BCUT2D eigenvalue weighted by Gasteiger charge is 2.18. The molecule has 24 heavy (non-hydrogen) atoms. The highest BCUT2D eigenvalue weighted by molar-refractivity contribution is 7.92. The van der Waals surface area contributed by atoms with Crippen LogP contribution in [0.15, 0.2) is 47.4 Å². The van der Waals surface area contributed by atoms with Crippen molar-refractivity contribution in [2.75, 3.05) is 35.9 Å². The Kier molecular flexibility index (Phi) is 4.99. The normalized spacial score (nSPS) is 15.3. The molecule has 0 aliphatic carbocycles. The van der Waals surface area contributed by atoms with Gasteiger partial charge >= 0.3 is 0 Å². The van der Waals surface area contributed by atoms with Gasteiger partial charge in [0, 0.05) is 18.8 Å². The van der Waals surface area contributed by atoms with E-state index in [1.54, 1.807) is 36.4 Å². The van der Waals surface area contributed by atoms with E-state index in [1.165, 1.54) is 0 Å². The molecule has 0 bridgehead atoms. The van der Waals surface area contributed by atoms with Crippen molar-refractivity contribution in [3.8, 4) is 0 Å². The fraction of sp³-hybridized carbons (Fsp3) is 0.294. The summed E-state index contributed by atoms with van der Waals surface area (Å²) in [7, 11) is -3.68. The molecular weight excluding hydrogens is 348 g/mol. The molecule has 1 fully saturated rings. The van der Waals surface area contributed by atoms with E-state index < -0.39 is 10.0 Å². The third-order valence-electron chi connectivity index (χ3n) is 3.90. The lowest BCUT2D eigenvalue weighted by Crippen LogP contribution is -2.36. The predicted octanol–water partition coefficient (Wildman–Crippen LogP) is 3.29. The Hall–Kier alpha value is -1.76. The quantitative estimate of drug-likeness (QED) is 0.902. The van der Waals surface area contributed by atoms with Crippen LogP contribution in [-0.2, 0) is 14.8 Å². The van der Waals surface area contributed by atoms with E-state index in [9.17, 15) is 8.42 Å². The topological polar surface area (TPSA) is 58.6 Å². The van der Waals surface area contributed by atoms with Crippen LogP contribution in [0.2, 0.25) is 5.02 Å². The Morgan fingerprint density at radius 1 is 1.08 bits per heavy atom. The van der Waals surface area contributed by atoms with Crippen LogP contribution in [0.4, 0.5) is 11.4 Å². The minimum atomic E-state index is -3.68. The number of ether oxygens (including phenoxy) is 1. The van der Waals surface area contributed by atoms with E-state index in [2.05, 4.69) is 9.62 Å². The van der Waals surface area contributed by atoms with Crippen LogP contribution in [0.5, 0.6) is 0 Å². The second kappa shape index (κ2) is 7.01. The van der Waals surface area contributed by atoms with Crippen molar-refractivity contribution in [1.29, 1.82) is 0 Å². The summed E-state index contributed by atoms with van der Waals surface area (Å²) in [6.07, 6.45) is 0. The van der Waals surface area contributed by atoms with Crippen molar-refractivity contribution >= 4 is 33.0 Å². The number of nitrogens with one attached hydrogen (secondary N) is 1. The van der Waals surface area contributed by atoms with Crippen LogP contribution >= 0.6 is 11.6 Å². The van der Waals surface area contributed by atoms with E-state index >= 15 is 0 Å². The molecule has 2 aromatic rings. The molecule has 1 aliphatic rings. The summed E-state index contributed by atoms with van der Waals surface area (Å²) in [6, 6.07) is 12.0. The number of aryl methyl sites for hydroxylation is 1. The van der Waals surface area contributed by atoms with Gasteiger partial charge in [0.25, 0.3) is 10.0 Å². The first-order valence-corrected chi connectivity index (χ1v) is 9.53. The summed E-state index contributed by atoms with van der Waals surface area (Å²) >= 11 is 6.18. The van der Waals surface area contributed by atoms with Crippen molar-refractivity contribution in [3.05, 3.63) is 53.1 Å². The number of hydrogen-bond acceptors (Lipinski definition) is 4. The van der Waals surface area contributed by atoms with Crippen molar-refractivity contribution in [3.63, 3.8) is 0 Å². The van der Waals surface area contributed by atoms with Gasteiger partial charge in [0.2, 0.25) is 0 Å². The molecule has 2 aromatic carbocycles. The largest absolute Gasteiger partial charge is 0.378 e. The molecule has 0 unspecified atom stereocenters. The first kappa shape index (κ1) is 17.1. The lowest BCUT2D eigenvalue weighted by molar-refractivity contribution is 0.122. The molecule has 1 heterocycles. The highest BCUT2D eigenvalue weighted by atomic mass is 35.5. The van der Waals surface area contributed by atoms with Crippen LogP contribution < -0.4 is 9.62 Å². The average molecular weight is 367 g/mol. The number of sulfonamides is 1. The Morgan fingerprint density at radius 2 is 1.75 bits per heavy atom. The summed E-state index contributed by atoms with van der Waals surface area (Å²) in [5, 5.41) is 0.364. The lowest BCUT2D eigenvalue weighted by Gasteiger charge is -2.29. The highest BCUT2D eigenvalue weighted by Crippen LogP contribution is 2.30. The van der Waals surface area contributed by atoms with E-state index in [0.717, 1.165) is 24.3 Å². The van der Waals surface area contributed by atoms with Gasteiger partial charge in [-0.3, -0.25) is 4.72 Å². The van der Waals surface area contributed by atoms with Crippen molar-refractivity contribution in [1.82, 2.24) is 0 Å². The molecule has 0 atom stereocenters. The Balaban J connectivity index is 1.87. The zero-order valence-corrected chi connectivity index (χ0v) is 14.9. The standard InChI is InChI=1S/C17H19ClN2O3S/c1-13-2-5-15(6-3-13)24(21,22)19-17-12-14(4-7-16(17)18)20-8-10-23-11-9-20/h2-7,12,19H,8-11H2,1H3. The van der Waals surface area contributed by atoms with Crippen LogP contribution in [0.25, 0.3) is 0 Å². The first-order valence-electron chi connectivity index (χ1n) is 7.67. The monoisotopic (exact) mass is 366 g/mol. The van der Waals surface area contributed by atoms with Gasteiger partial charge in [-0.15, -0.1) is 0 Å². The maximum absolute atomic E-state index is 12.5. The second-order valence-corrected chi connectivity index (χ2v) is 7.77. The summed E-state index contributed by atoms with van der Waals surface area (Å²) in [5.41, 5.74) is 2.30. The van der Waals surface area contributed by atoms with Gasteiger partial charge in [0.1, 0.15) is 0 Å². The fourth-order valence-corrected chi connectivity index (χ4v) is 3.82. The summed E-state index contributed by atoms with van der Waals surface area (Å²) < 4.78 is 33.0. The lowest BCUT2D eigenvalue weighted by atomic mass is 10.2. The van der Waals surface area contributed by atoms with E-state index in [1.807, 2.05) is 13.0 Å². The zero-order valence-electron chi connectivity index (χ0n) is 13.3. The molecule has 1 saturated heterocycles. The number of benzene rings is 2. The molecule has 3 rings (SSSR count). The Bertz CT molecular complexity index is 816. The number of nitrogens with zero attached hydrogens (tertiary/aromatic N) is 1. The van der Waals surface area contributed by atoms with Gasteiger partial charge in [0.15, 0.2) is 0 Å². The second-order valence-electron chi connectivity index (χ2n) is 5.68. The minimum absolute atomic E-state index is 0.209. The third-order valence-corrected chi connectivity index (χ3v) is 5.61. The molecule has 0 saturated carbocycles. The van der Waals surface area contributed by atoms with Gasteiger partial charge < -0.3 is 9.64 Å². The summed E-state index contributed by atoms with van der Waals surface area (Å²) in [5.74, 6) is 0. The molecule has 1 aliphatic heterocycles. The maximum atomic E-state index is 12.5. The number of hydrogen-bond donors (Lipinski definition) is 1. The number of anilines is 2. The summed E-state index contributed by atoms with van der Waals surface area (Å²) in [4.78, 5) is 2.35. The number of morpholine rings is 1. The molecular formula is C17H19ClN2O3S. The molecule has 1 N–H and O–H groups in total. The van der Waals surface area contributed by atoms with Gasteiger partial charge in [0.05, 0.1) is 28.8 Å². The predicted molar refractivity (Wildman–Crippen MR) is 96.5 cm³/mol. The van der Waals surface area contributed by atoms with Crippen molar-refractivity contribution < 1.29 is 13.2 Å². The van der Waals surface area contributed by atoms with Crippen molar-refractivity contribution in [2.24, 2.45) is 0 Å². The first-order chi connectivity index (χ1) is 11.5. The van der Waals surface area contributed by atoms with Gasteiger partial charge in [-0.1, -0.05) is 29.3 Å². The molecule has 7 heteroatoms. The summed E-state index contributed by atoms with van der Waals surface area (Å²) in [6.45, 7) is 4.77. The number of halogens is 1. The van der Waals surface area contributed by atoms with Crippen LogP contribution in [-0.4, -0.2) is 34.7 Å². The van der Waals surface area contributed by atoms with Crippen LogP contribution in [0.1, 0.15) is 5.56 Å². The van der Waals surface area contributed by atoms with E-state index in [4.69, 9.17) is 16.3 Å². The minimum Gasteiger partial charge on any atom is -0.378 e. The third kappa shape index (κ3) is 3.83. The molecule has 5 nitrogen and oxygen atoms in total. The molecule has 0 aromatic heterocycles. The van der Waals surface area contributed by atoms with E-state index in [0.29, 0.717) is 23.9 Å². The zero-order chi connectivity index (χ0) is 17.2. The van der Waals surface area contributed by atoms with Crippen LogP contribution in [0, 0.1) is 6.92 Å². The van der Waals surface area contributed by atoms with Gasteiger partial charge in [-0.05, 0) is 37.3 Å². The van der Waals surface area contributed by atoms with Gasteiger partial charge in [-0.25, -0.2) is 8.42 Å². The SMILES string of the molecule is Cc1ccc(S(=O)(=O)Nc2cc(N3CCOCC3)ccc2Cl)cc1. The molecule has 0 spiro atoms. The van der Waals surface area contributed by atoms with Crippen LogP contribution in [0.3, 0.4) is 0 Å². The smallest absolute Gasteiger partial charge is 0.261 e. The Labute approximate surface area is 147 Å². The van der Waals surface area contributed by atoms with E-state index in [-0.39, 0.29) is 4.90 Å². The Morgan fingerprint density at radius 3 is 2.42 bits per heavy atom. The fourth-order valence-electron chi connectivity index (χ4n) is 2.53. The number of rotatable bonds is 4. The molecule has 0 amide bonds. The van der Waals surface area contributed by atoms with Crippen molar-refractivity contribution in [2.45, 2.75) is 11.8 Å². The average Bonchev–Trinajstić information content (AvgIpc) is 2.58. The molecule has 0 radical (unpaired) electrons. The molecule has 128 valence electrons.